The zero-order valence-electron chi connectivity index (χ0n) is 19.4. The third-order valence-corrected chi connectivity index (χ3v) is 7.40. The highest BCUT2D eigenvalue weighted by molar-refractivity contribution is 7.92. The molecule has 0 unspecified atom stereocenters. The molecule has 2 aromatic carbocycles. The fourth-order valence-corrected chi connectivity index (χ4v) is 5.04. The number of nitrogens with zero attached hydrogens (tertiary/aromatic N) is 2. The first-order valence-corrected chi connectivity index (χ1v) is 13.6. The Kier molecular flexibility index (Phi) is 10.1. The molecule has 11 heteroatoms. The first kappa shape index (κ1) is 28.2. The summed E-state index contributed by atoms with van der Waals surface area (Å²) in [5, 5.41) is 3.88. The third kappa shape index (κ3) is 7.01. The number of hydrogen-bond donors (Lipinski definition) is 1. The second-order valence-electron chi connectivity index (χ2n) is 7.73. The van der Waals surface area contributed by atoms with Gasteiger partial charge in [0.1, 0.15) is 12.6 Å². The van der Waals surface area contributed by atoms with Gasteiger partial charge in [-0.2, -0.15) is 0 Å². The number of likely N-dealkylation sites (N-methyl/N-ethyl adjacent to an activating group) is 1. The average Bonchev–Trinajstić information content (AvgIpc) is 2.75. The van der Waals surface area contributed by atoms with E-state index in [-0.39, 0.29) is 12.5 Å². The van der Waals surface area contributed by atoms with Gasteiger partial charge >= 0.3 is 0 Å². The standard InChI is InChI=1S/C23H28Cl3N3O4S/c1-5-20(23(31)27-6-2)28(13-16-10-11-17(24)12-19(16)26)22(30)14-29(34(4,32)33)21-9-7-8-18(25)15(21)3/h7-12,20H,5-6,13-14H2,1-4H3,(H,27,31)/t20-/m0/s1. The van der Waals surface area contributed by atoms with Crippen molar-refractivity contribution < 1.29 is 18.0 Å². The van der Waals surface area contributed by atoms with E-state index in [2.05, 4.69) is 5.32 Å². The largest absolute Gasteiger partial charge is 0.355 e. The lowest BCUT2D eigenvalue weighted by Crippen LogP contribution is -2.52. The molecule has 0 aliphatic carbocycles. The number of halogens is 3. The summed E-state index contributed by atoms with van der Waals surface area (Å²) in [5.74, 6) is -0.901. The highest BCUT2D eigenvalue weighted by atomic mass is 35.5. The van der Waals surface area contributed by atoms with Crippen LogP contribution in [0.4, 0.5) is 5.69 Å². The van der Waals surface area contributed by atoms with E-state index >= 15 is 0 Å². The van der Waals surface area contributed by atoms with Gasteiger partial charge < -0.3 is 10.2 Å². The average molecular weight is 549 g/mol. The van der Waals surface area contributed by atoms with E-state index in [1.54, 1.807) is 57.2 Å². The van der Waals surface area contributed by atoms with Gasteiger partial charge in [0.05, 0.1) is 11.9 Å². The quantitative estimate of drug-likeness (QED) is 0.468. The van der Waals surface area contributed by atoms with Crippen molar-refractivity contribution in [1.82, 2.24) is 10.2 Å². The van der Waals surface area contributed by atoms with Crippen molar-refractivity contribution in [2.24, 2.45) is 0 Å². The second-order valence-corrected chi connectivity index (χ2v) is 10.9. The maximum atomic E-state index is 13.6. The Morgan fingerprint density at radius 3 is 2.29 bits per heavy atom. The lowest BCUT2D eigenvalue weighted by molar-refractivity contribution is -0.140. The topological polar surface area (TPSA) is 86.8 Å². The molecule has 0 bridgehead atoms. The van der Waals surface area contributed by atoms with Gasteiger partial charge in [0.25, 0.3) is 0 Å². The highest BCUT2D eigenvalue weighted by Crippen LogP contribution is 2.29. The molecular formula is C23H28Cl3N3O4S. The van der Waals surface area contributed by atoms with Crippen molar-refractivity contribution >= 4 is 62.3 Å². The van der Waals surface area contributed by atoms with Gasteiger partial charge in [-0.3, -0.25) is 13.9 Å². The molecule has 0 spiro atoms. The lowest BCUT2D eigenvalue weighted by atomic mass is 10.1. The first-order chi connectivity index (χ1) is 15.9. The van der Waals surface area contributed by atoms with Crippen molar-refractivity contribution in [3.8, 4) is 0 Å². The maximum Gasteiger partial charge on any atom is 0.244 e. The number of carbonyl (C=O) groups excluding carboxylic acids is 2. The molecule has 1 atom stereocenters. The molecule has 0 saturated carbocycles. The second kappa shape index (κ2) is 12.1. The first-order valence-electron chi connectivity index (χ1n) is 10.6. The Labute approximate surface area is 216 Å². The number of amides is 2. The van der Waals surface area contributed by atoms with Crippen molar-refractivity contribution in [2.45, 2.75) is 39.8 Å². The number of rotatable bonds is 10. The number of nitrogens with one attached hydrogen (secondary N) is 1. The van der Waals surface area contributed by atoms with Gasteiger partial charge in [-0.25, -0.2) is 8.42 Å². The van der Waals surface area contributed by atoms with Crippen LogP contribution in [0.5, 0.6) is 0 Å². The summed E-state index contributed by atoms with van der Waals surface area (Å²) in [4.78, 5) is 27.7. The normalized spacial score (nSPS) is 12.2. The summed E-state index contributed by atoms with van der Waals surface area (Å²) in [5.41, 5.74) is 1.39. The summed E-state index contributed by atoms with van der Waals surface area (Å²) in [7, 11) is -3.85. The van der Waals surface area contributed by atoms with Gasteiger partial charge in [0, 0.05) is 28.2 Å². The Morgan fingerprint density at radius 2 is 1.74 bits per heavy atom. The molecule has 2 amide bonds. The van der Waals surface area contributed by atoms with Gasteiger partial charge in [0.15, 0.2) is 0 Å². The van der Waals surface area contributed by atoms with Gasteiger partial charge in [-0.1, -0.05) is 53.9 Å². The number of benzene rings is 2. The molecule has 0 fully saturated rings. The van der Waals surface area contributed by atoms with Crippen LogP contribution in [0.1, 0.15) is 31.4 Å². The minimum atomic E-state index is -3.85. The molecule has 2 rings (SSSR count). The Balaban J connectivity index is 2.51. The number of anilines is 1. The molecule has 1 N–H and O–H groups in total. The molecule has 0 aromatic heterocycles. The van der Waals surface area contributed by atoms with Crippen LogP contribution in [-0.4, -0.2) is 50.5 Å². The maximum absolute atomic E-state index is 13.6. The summed E-state index contributed by atoms with van der Waals surface area (Å²) in [6.07, 6.45) is 1.33. The SMILES string of the molecule is CCNC(=O)[C@H](CC)N(Cc1ccc(Cl)cc1Cl)C(=O)CN(c1cccc(Cl)c1C)S(C)(=O)=O. The van der Waals surface area contributed by atoms with E-state index in [0.717, 1.165) is 10.6 Å². The summed E-state index contributed by atoms with van der Waals surface area (Å²) in [6.45, 7) is 5.10. The van der Waals surface area contributed by atoms with E-state index in [4.69, 9.17) is 34.8 Å². The van der Waals surface area contributed by atoms with Crippen LogP contribution in [0.25, 0.3) is 0 Å². The number of sulfonamides is 1. The highest BCUT2D eigenvalue weighted by Gasteiger charge is 2.32. The van der Waals surface area contributed by atoms with Crippen LogP contribution in [0.15, 0.2) is 36.4 Å². The lowest BCUT2D eigenvalue weighted by Gasteiger charge is -2.33. The van der Waals surface area contributed by atoms with Gasteiger partial charge in [-0.15, -0.1) is 0 Å². The van der Waals surface area contributed by atoms with Crippen LogP contribution in [0, 0.1) is 6.92 Å². The minimum absolute atomic E-state index is 0.00337. The zero-order chi connectivity index (χ0) is 25.6. The number of hydrogen-bond acceptors (Lipinski definition) is 4. The third-order valence-electron chi connectivity index (χ3n) is 5.28. The molecule has 0 saturated heterocycles. The monoisotopic (exact) mass is 547 g/mol. The Hall–Kier alpha value is -2.00. The van der Waals surface area contributed by atoms with E-state index in [1.807, 2.05) is 0 Å². The molecular weight excluding hydrogens is 521 g/mol. The minimum Gasteiger partial charge on any atom is -0.355 e. The van der Waals surface area contributed by atoms with E-state index in [9.17, 15) is 18.0 Å². The van der Waals surface area contributed by atoms with E-state index in [1.165, 1.54) is 4.90 Å². The molecule has 0 aliphatic heterocycles. The molecule has 186 valence electrons. The Bertz CT molecular complexity index is 1160. The van der Waals surface area contributed by atoms with Crippen molar-refractivity contribution in [3.05, 3.63) is 62.6 Å². The van der Waals surface area contributed by atoms with Gasteiger partial charge in [0.2, 0.25) is 21.8 Å². The van der Waals surface area contributed by atoms with Crippen molar-refractivity contribution in [1.29, 1.82) is 0 Å². The number of carbonyl (C=O) groups is 2. The summed E-state index contributed by atoms with van der Waals surface area (Å²) in [6, 6.07) is 8.85. The molecule has 34 heavy (non-hydrogen) atoms. The van der Waals surface area contributed by atoms with Crippen LogP contribution in [0.2, 0.25) is 15.1 Å². The molecule has 0 radical (unpaired) electrons. The Morgan fingerprint density at radius 1 is 1.06 bits per heavy atom. The summed E-state index contributed by atoms with van der Waals surface area (Å²) < 4.78 is 26.3. The van der Waals surface area contributed by atoms with Crippen LogP contribution >= 0.6 is 34.8 Å². The zero-order valence-corrected chi connectivity index (χ0v) is 22.5. The van der Waals surface area contributed by atoms with Crippen molar-refractivity contribution in [2.75, 3.05) is 23.7 Å². The fraction of sp³-hybridized carbons (Fsp3) is 0.391. The molecule has 7 nitrogen and oxygen atoms in total. The predicted molar refractivity (Wildman–Crippen MR) is 138 cm³/mol. The fourth-order valence-electron chi connectivity index (χ4n) is 3.51. The van der Waals surface area contributed by atoms with Crippen LogP contribution in [0.3, 0.4) is 0 Å². The molecule has 2 aromatic rings. The van der Waals surface area contributed by atoms with Crippen molar-refractivity contribution in [3.63, 3.8) is 0 Å². The predicted octanol–water partition coefficient (Wildman–Crippen LogP) is 4.66. The molecule has 0 aliphatic rings. The smallest absolute Gasteiger partial charge is 0.244 e. The van der Waals surface area contributed by atoms with E-state index < -0.39 is 28.5 Å². The van der Waals surface area contributed by atoms with Gasteiger partial charge in [-0.05, 0) is 55.7 Å². The summed E-state index contributed by atoms with van der Waals surface area (Å²) >= 11 is 18.5. The molecule has 0 heterocycles. The van der Waals surface area contributed by atoms with Crippen LogP contribution < -0.4 is 9.62 Å². The van der Waals surface area contributed by atoms with Crippen LogP contribution in [-0.2, 0) is 26.2 Å². The van der Waals surface area contributed by atoms with E-state index in [0.29, 0.717) is 44.8 Å².